The molecular formula is C14H21F2NO2. The molecule has 4 rings (SSSR count). The van der Waals surface area contributed by atoms with Crippen molar-refractivity contribution in [3.8, 4) is 0 Å². The molecule has 4 bridgehead atoms. The molecule has 1 amide bonds. The lowest BCUT2D eigenvalue weighted by molar-refractivity contribution is -0.139. The average Bonchev–Trinajstić information content (AvgIpc) is 2.34. The van der Waals surface area contributed by atoms with E-state index in [4.69, 9.17) is 5.11 Å². The Morgan fingerprint density at radius 3 is 2.11 bits per heavy atom. The second kappa shape index (κ2) is 5.00. The van der Waals surface area contributed by atoms with E-state index >= 15 is 0 Å². The van der Waals surface area contributed by atoms with Crippen LogP contribution in [-0.4, -0.2) is 30.1 Å². The number of aliphatic hydroxyl groups excluding tert-OH is 1. The standard InChI is InChI=1S/C14H21F2NO2/c15-13(16)11(18)6-17-14(19)12-9-2-7-1-8(4-9)5-10(12)3-7/h7-13,18H,1-6H2,(H,17,19). The van der Waals surface area contributed by atoms with E-state index in [1.165, 1.54) is 6.42 Å². The number of aliphatic hydroxyl groups is 1. The van der Waals surface area contributed by atoms with Crippen LogP contribution in [0.5, 0.6) is 0 Å². The molecule has 0 aromatic rings. The Hall–Kier alpha value is -0.710. The van der Waals surface area contributed by atoms with E-state index < -0.39 is 12.5 Å². The van der Waals surface area contributed by atoms with E-state index in [2.05, 4.69) is 5.32 Å². The van der Waals surface area contributed by atoms with Gasteiger partial charge in [-0.2, -0.15) is 0 Å². The number of carbonyl (C=O) groups is 1. The molecule has 0 spiro atoms. The smallest absolute Gasteiger partial charge is 0.265 e. The Bertz CT molecular complexity index is 333. The van der Waals surface area contributed by atoms with Gasteiger partial charge in [0.1, 0.15) is 6.10 Å². The first-order chi connectivity index (χ1) is 9.04. The molecule has 0 aliphatic heterocycles. The summed E-state index contributed by atoms with van der Waals surface area (Å²) in [4.78, 5) is 12.2. The van der Waals surface area contributed by atoms with Gasteiger partial charge in [-0.15, -0.1) is 0 Å². The zero-order valence-electron chi connectivity index (χ0n) is 10.9. The number of hydrogen-bond donors (Lipinski definition) is 2. The highest BCUT2D eigenvalue weighted by atomic mass is 19.3. The Labute approximate surface area is 111 Å². The van der Waals surface area contributed by atoms with E-state index in [1.54, 1.807) is 0 Å². The van der Waals surface area contributed by atoms with Crippen molar-refractivity contribution >= 4 is 5.91 Å². The molecule has 1 unspecified atom stereocenters. The largest absolute Gasteiger partial charge is 0.385 e. The van der Waals surface area contributed by atoms with Crippen LogP contribution in [0, 0.1) is 29.6 Å². The van der Waals surface area contributed by atoms with Crippen molar-refractivity contribution < 1.29 is 18.7 Å². The molecule has 3 nitrogen and oxygen atoms in total. The van der Waals surface area contributed by atoms with Crippen LogP contribution in [-0.2, 0) is 4.79 Å². The van der Waals surface area contributed by atoms with Gasteiger partial charge in [0, 0.05) is 12.5 Å². The van der Waals surface area contributed by atoms with Crippen molar-refractivity contribution in [1.29, 1.82) is 0 Å². The molecular weight excluding hydrogens is 252 g/mol. The minimum Gasteiger partial charge on any atom is -0.385 e. The van der Waals surface area contributed by atoms with Gasteiger partial charge in [-0.3, -0.25) is 4.79 Å². The van der Waals surface area contributed by atoms with Crippen molar-refractivity contribution in [1.82, 2.24) is 5.32 Å². The number of nitrogens with one attached hydrogen (secondary N) is 1. The lowest BCUT2D eigenvalue weighted by Crippen LogP contribution is -2.52. The highest BCUT2D eigenvalue weighted by molar-refractivity contribution is 5.79. The van der Waals surface area contributed by atoms with Crippen LogP contribution < -0.4 is 5.32 Å². The topological polar surface area (TPSA) is 49.3 Å². The van der Waals surface area contributed by atoms with Crippen molar-refractivity contribution in [2.45, 2.75) is 44.6 Å². The molecule has 0 heterocycles. The Morgan fingerprint density at radius 2 is 1.63 bits per heavy atom. The third-order valence-corrected chi connectivity index (χ3v) is 5.31. The van der Waals surface area contributed by atoms with Gasteiger partial charge < -0.3 is 10.4 Å². The first kappa shape index (κ1) is 13.3. The number of hydrogen-bond acceptors (Lipinski definition) is 2. The molecule has 0 saturated heterocycles. The summed E-state index contributed by atoms with van der Waals surface area (Å²) in [5.74, 6) is 2.35. The Morgan fingerprint density at radius 1 is 1.11 bits per heavy atom. The maximum Gasteiger partial charge on any atom is 0.265 e. The van der Waals surface area contributed by atoms with E-state index in [0.717, 1.165) is 37.5 Å². The lowest BCUT2D eigenvalue weighted by Gasteiger charge is -2.53. The molecule has 4 aliphatic rings. The third kappa shape index (κ3) is 2.49. The summed E-state index contributed by atoms with van der Waals surface area (Å²) >= 11 is 0. The summed E-state index contributed by atoms with van der Waals surface area (Å²) in [7, 11) is 0. The molecule has 4 fully saturated rings. The van der Waals surface area contributed by atoms with Gasteiger partial charge in [-0.1, -0.05) is 0 Å². The fraction of sp³-hybridized carbons (Fsp3) is 0.929. The second-order valence-corrected chi connectivity index (χ2v) is 6.60. The minimum atomic E-state index is -2.79. The number of alkyl halides is 2. The highest BCUT2D eigenvalue weighted by Gasteiger charge is 2.50. The van der Waals surface area contributed by atoms with Crippen LogP contribution in [0.25, 0.3) is 0 Å². The summed E-state index contributed by atoms with van der Waals surface area (Å²) in [5, 5.41) is 11.6. The molecule has 2 N–H and O–H groups in total. The lowest BCUT2D eigenvalue weighted by atomic mass is 9.51. The summed E-state index contributed by atoms with van der Waals surface area (Å²) < 4.78 is 24.4. The van der Waals surface area contributed by atoms with Gasteiger partial charge in [0.2, 0.25) is 5.91 Å². The fourth-order valence-electron chi connectivity index (χ4n) is 4.77. The summed E-state index contributed by atoms with van der Waals surface area (Å²) in [6.07, 6.45) is 1.29. The maximum atomic E-state index is 12.2. The molecule has 108 valence electrons. The van der Waals surface area contributed by atoms with E-state index in [0.29, 0.717) is 11.8 Å². The molecule has 0 aromatic carbocycles. The van der Waals surface area contributed by atoms with Crippen LogP contribution >= 0.6 is 0 Å². The Balaban J connectivity index is 1.58. The number of carbonyl (C=O) groups excluding carboxylic acids is 1. The van der Waals surface area contributed by atoms with E-state index in [1.807, 2.05) is 0 Å². The first-order valence-electron chi connectivity index (χ1n) is 7.28. The molecule has 0 radical (unpaired) electrons. The van der Waals surface area contributed by atoms with Gasteiger partial charge in [-0.25, -0.2) is 8.78 Å². The molecule has 19 heavy (non-hydrogen) atoms. The molecule has 1 atom stereocenters. The number of amides is 1. The summed E-state index contributed by atoms with van der Waals surface area (Å²) in [5.41, 5.74) is 0. The van der Waals surface area contributed by atoms with Crippen molar-refractivity contribution in [3.63, 3.8) is 0 Å². The van der Waals surface area contributed by atoms with Gasteiger partial charge in [0.05, 0.1) is 0 Å². The van der Waals surface area contributed by atoms with E-state index in [9.17, 15) is 13.6 Å². The summed E-state index contributed by atoms with van der Waals surface area (Å²) in [6, 6.07) is 0. The molecule has 5 heteroatoms. The van der Waals surface area contributed by atoms with Crippen LogP contribution in [0.1, 0.15) is 32.1 Å². The molecule has 4 aliphatic carbocycles. The van der Waals surface area contributed by atoms with Gasteiger partial charge in [0.25, 0.3) is 6.43 Å². The SMILES string of the molecule is O=C(NCC(O)C(F)F)C1C2CC3CC(C2)CC1C3. The quantitative estimate of drug-likeness (QED) is 0.820. The van der Waals surface area contributed by atoms with Crippen molar-refractivity contribution in [2.75, 3.05) is 6.54 Å². The maximum absolute atomic E-state index is 12.2. The van der Waals surface area contributed by atoms with Gasteiger partial charge >= 0.3 is 0 Å². The minimum absolute atomic E-state index is 0.00216. The van der Waals surface area contributed by atoms with Crippen LogP contribution in [0.2, 0.25) is 0 Å². The monoisotopic (exact) mass is 273 g/mol. The second-order valence-electron chi connectivity index (χ2n) is 6.60. The normalized spacial score (nSPS) is 41.6. The van der Waals surface area contributed by atoms with E-state index in [-0.39, 0.29) is 18.4 Å². The van der Waals surface area contributed by atoms with Crippen LogP contribution in [0.3, 0.4) is 0 Å². The zero-order valence-corrected chi connectivity index (χ0v) is 10.9. The summed E-state index contributed by atoms with van der Waals surface area (Å²) in [6.45, 7) is -0.334. The van der Waals surface area contributed by atoms with Gasteiger partial charge in [0.15, 0.2) is 0 Å². The van der Waals surface area contributed by atoms with Gasteiger partial charge in [-0.05, 0) is 55.8 Å². The third-order valence-electron chi connectivity index (χ3n) is 5.31. The molecule has 4 saturated carbocycles. The Kier molecular flexibility index (Phi) is 3.50. The van der Waals surface area contributed by atoms with Crippen LogP contribution in [0.4, 0.5) is 8.78 Å². The zero-order chi connectivity index (χ0) is 13.6. The predicted octanol–water partition coefficient (Wildman–Crippen LogP) is 1.80. The average molecular weight is 273 g/mol. The molecule has 0 aromatic heterocycles. The predicted molar refractivity (Wildman–Crippen MR) is 65.6 cm³/mol. The number of rotatable bonds is 4. The van der Waals surface area contributed by atoms with Crippen LogP contribution in [0.15, 0.2) is 0 Å². The highest BCUT2D eigenvalue weighted by Crippen LogP contribution is 2.56. The fourth-order valence-corrected chi connectivity index (χ4v) is 4.77. The van der Waals surface area contributed by atoms with Crippen molar-refractivity contribution in [2.24, 2.45) is 29.6 Å². The number of halogens is 2. The first-order valence-corrected chi connectivity index (χ1v) is 7.28. The van der Waals surface area contributed by atoms with Crippen molar-refractivity contribution in [3.05, 3.63) is 0 Å².